The van der Waals surface area contributed by atoms with Crippen LogP contribution in [0.4, 0.5) is 17.6 Å². The van der Waals surface area contributed by atoms with Crippen molar-refractivity contribution in [1.29, 1.82) is 0 Å². The summed E-state index contributed by atoms with van der Waals surface area (Å²) in [4.78, 5) is 10.7. The fraction of sp³-hybridized carbons (Fsp3) is 0.364. The lowest BCUT2D eigenvalue weighted by atomic mass is 10.1. The van der Waals surface area contributed by atoms with E-state index in [4.69, 9.17) is 5.11 Å². The summed E-state index contributed by atoms with van der Waals surface area (Å²) in [5, 5.41) is 10.8. The molecular formula is C11H9F4NO2S. The quantitative estimate of drug-likeness (QED) is 0.824. The van der Waals surface area contributed by atoms with Gasteiger partial charge in [-0.25, -0.2) is 4.39 Å². The first-order valence-electron chi connectivity index (χ1n) is 5.25. The molecule has 0 amide bonds. The van der Waals surface area contributed by atoms with Crippen LogP contribution >= 0.6 is 11.8 Å². The summed E-state index contributed by atoms with van der Waals surface area (Å²) >= 11 is 1.13. The lowest BCUT2D eigenvalue weighted by molar-refractivity contribution is -0.139. The Balaban J connectivity index is 2.26. The van der Waals surface area contributed by atoms with Crippen LogP contribution in [-0.2, 0) is 11.0 Å². The number of aliphatic carboxylic acids is 1. The van der Waals surface area contributed by atoms with E-state index in [1.54, 1.807) is 0 Å². The summed E-state index contributed by atoms with van der Waals surface area (Å²) in [6.45, 7) is 0. The molecule has 1 aliphatic heterocycles. The van der Waals surface area contributed by atoms with Crippen LogP contribution in [0.3, 0.4) is 0 Å². The minimum absolute atomic E-state index is 0.0843. The topological polar surface area (TPSA) is 49.3 Å². The molecule has 8 heteroatoms. The van der Waals surface area contributed by atoms with Gasteiger partial charge < -0.3 is 5.11 Å². The molecule has 0 saturated carbocycles. The van der Waals surface area contributed by atoms with Crippen molar-refractivity contribution in [3.8, 4) is 0 Å². The van der Waals surface area contributed by atoms with Crippen molar-refractivity contribution in [1.82, 2.24) is 5.32 Å². The van der Waals surface area contributed by atoms with Gasteiger partial charge in [0.15, 0.2) is 0 Å². The number of hydrogen-bond acceptors (Lipinski definition) is 3. The molecule has 0 aromatic heterocycles. The van der Waals surface area contributed by atoms with Gasteiger partial charge in [-0.3, -0.25) is 10.1 Å². The van der Waals surface area contributed by atoms with Gasteiger partial charge in [-0.05, 0) is 23.8 Å². The number of carbonyl (C=O) groups is 1. The van der Waals surface area contributed by atoms with Crippen molar-refractivity contribution >= 4 is 17.7 Å². The number of carboxylic acid groups (broad SMARTS) is 1. The number of rotatable bonds is 2. The monoisotopic (exact) mass is 295 g/mol. The molecule has 0 bridgehead atoms. The molecule has 1 heterocycles. The van der Waals surface area contributed by atoms with E-state index in [2.05, 4.69) is 5.32 Å². The van der Waals surface area contributed by atoms with E-state index in [0.29, 0.717) is 6.07 Å². The van der Waals surface area contributed by atoms with Crippen molar-refractivity contribution in [2.75, 3.05) is 5.75 Å². The van der Waals surface area contributed by atoms with Crippen LogP contribution in [0, 0.1) is 5.82 Å². The molecule has 19 heavy (non-hydrogen) atoms. The molecule has 0 spiro atoms. The third-order valence-electron chi connectivity index (χ3n) is 2.63. The molecule has 2 N–H and O–H groups in total. The molecular weight excluding hydrogens is 286 g/mol. The Kier molecular flexibility index (Phi) is 3.73. The Hall–Kier alpha value is -1.28. The van der Waals surface area contributed by atoms with Crippen LogP contribution in [0.25, 0.3) is 0 Å². The number of hydrogen-bond donors (Lipinski definition) is 2. The molecule has 1 saturated heterocycles. The Labute approximate surface area is 110 Å². The van der Waals surface area contributed by atoms with E-state index in [1.165, 1.54) is 0 Å². The van der Waals surface area contributed by atoms with Crippen LogP contribution in [0.2, 0.25) is 0 Å². The average molecular weight is 295 g/mol. The Morgan fingerprint density at radius 1 is 1.37 bits per heavy atom. The first-order chi connectivity index (χ1) is 8.77. The zero-order valence-corrected chi connectivity index (χ0v) is 10.2. The second-order valence-corrected chi connectivity index (χ2v) is 5.18. The maximum absolute atomic E-state index is 13.2. The molecule has 2 atom stereocenters. The second-order valence-electron chi connectivity index (χ2n) is 4.04. The van der Waals surface area contributed by atoms with E-state index < -0.39 is 34.9 Å². The van der Waals surface area contributed by atoms with Crippen LogP contribution < -0.4 is 5.32 Å². The number of thioether (sulfide) groups is 1. The number of carboxylic acids is 1. The van der Waals surface area contributed by atoms with Gasteiger partial charge in [-0.2, -0.15) is 13.2 Å². The van der Waals surface area contributed by atoms with Gasteiger partial charge >= 0.3 is 12.1 Å². The lowest BCUT2D eigenvalue weighted by Crippen LogP contribution is -2.33. The highest BCUT2D eigenvalue weighted by Gasteiger charge is 2.34. The van der Waals surface area contributed by atoms with Gasteiger partial charge in [0.2, 0.25) is 0 Å². The number of nitrogens with one attached hydrogen (secondary N) is 1. The largest absolute Gasteiger partial charge is 0.480 e. The van der Waals surface area contributed by atoms with Gasteiger partial charge in [0.25, 0.3) is 0 Å². The first-order valence-corrected chi connectivity index (χ1v) is 6.30. The van der Waals surface area contributed by atoms with Gasteiger partial charge in [0, 0.05) is 5.75 Å². The minimum Gasteiger partial charge on any atom is -0.480 e. The molecule has 3 nitrogen and oxygen atoms in total. The fourth-order valence-electron chi connectivity index (χ4n) is 1.73. The number of alkyl halides is 3. The summed E-state index contributed by atoms with van der Waals surface area (Å²) < 4.78 is 50.9. The zero-order valence-electron chi connectivity index (χ0n) is 9.37. The van der Waals surface area contributed by atoms with Crippen molar-refractivity contribution in [2.24, 2.45) is 0 Å². The van der Waals surface area contributed by atoms with Crippen LogP contribution in [0.15, 0.2) is 18.2 Å². The van der Waals surface area contributed by atoms with Crippen molar-refractivity contribution < 1.29 is 27.5 Å². The predicted octanol–water partition coefficient (Wildman–Crippen LogP) is 2.63. The highest BCUT2D eigenvalue weighted by molar-refractivity contribution is 7.99. The summed E-state index contributed by atoms with van der Waals surface area (Å²) in [5.41, 5.74) is -0.996. The first kappa shape index (κ1) is 14.1. The molecule has 104 valence electrons. The van der Waals surface area contributed by atoms with Gasteiger partial charge in [0.05, 0.1) is 10.9 Å². The van der Waals surface area contributed by atoms with Gasteiger partial charge in [-0.15, -0.1) is 11.8 Å². The highest BCUT2D eigenvalue weighted by atomic mass is 32.2. The number of halogens is 4. The lowest BCUT2D eigenvalue weighted by Gasteiger charge is -2.14. The molecule has 1 aliphatic rings. The zero-order chi connectivity index (χ0) is 14.2. The third-order valence-corrected chi connectivity index (χ3v) is 3.90. The van der Waals surface area contributed by atoms with Crippen molar-refractivity contribution in [3.05, 3.63) is 35.1 Å². The highest BCUT2D eigenvalue weighted by Crippen LogP contribution is 2.37. The van der Waals surface area contributed by atoms with E-state index in [9.17, 15) is 22.4 Å². The van der Waals surface area contributed by atoms with Gasteiger partial charge in [-0.1, -0.05) is 0 Å². The Bertz CT molecular complexity index is 506. The van der Waals surface area contributed by atoms with E-state index in [-0.39, 0.29) is 11.3 Å². The maximum atomic E-state index is 13.2. The molecule has 2 unspecified atom stereocenters. The smallest absolute Gasteiger partial charge is 0.416 e. The molecule has 0 radical (unpaired) electrons. The van der Waals surface area contributed by atoms with E-state index in [0.717, 1.165) is 23.9 Å². The number of benzene rings is 1. The minimum atomic E-state index is -4.63. The SMILES string of the molecule is O=C(O)C1CSC(c2cc(F)cc(C(F)(F)F)c2)N1. The average Bonchev–Trinajstić information content (AvgIpc) is 2.76. The predicted molar refractivity (Wildman–Crippen MR) is 61.2 cm³/mol. The molecule has 1 aromatic carbocycles. The second kappa shape index (κ2) is 5.01. The fourth-order valence-corrected chi connectivity index (χ4v) is 2.95. The summed E-state index contributed by atoms with van der Waals surface area (Å²) in [5.74, 6) is -1.86. The van der Waals surface area contributed by atoms with Crippen molar-refractivity contribution in [3.63, 3.8) is 0 Å². The summed E-state index contributed by atoms with van der Waals surface area (Å²) in [6.07, 6.45) is -4.63. The van der Waals surface area contributed by atoms with Crippen LogP contribution in [0.1, 0.15) is 16.5 Å². The molecule has 0 aliphatic carbocycles. The normalized spacial score (nSPS) is 23.6. The molecule has 2 rings (SSSR count). The van der Waals surface area contributed by atoms with Crippen molar-refractivity contribution in [2.45, 2.75) is 17.6 Å². The molecule has 1 aromatic rings. The summed E-state index contributed by atoms with van der Waals surface area (Å²) in [7, 11) is 0. The van der Waals surface area contributed by atoms with Crippen LogP contribution in [0.5, 0.6) is 0 Å². The third kappa shape index (κ3) is 3.19. The van der Waals surface area contributed by atoms with E-state index >= 15 is 0 Å². The maximum Gasteiger partial charge on any atom is 0.416 e. The standard InChI is InChI=1S/C11H9F4NO2S/c12-7-2-5(1-6(3-7)11(13,14)15)9-16-8(4-19-9)10(17)18/h1-3,8-9,16H,4H2,(H,17,18). The van der Waals surface area contributed by atoms with Gasteiger partial charge in [0.1, 0.15) is 11.9 Å². The molecule has 1 fully saturated rings. The summed E-state index contributed by atoms with van der Waals surface area (Å²) in [6, 6.07) is 1.38. The Morgan fingerprint density at radius 2 is 2.05 bits per heavy atom. The van der Waals surface area contributed by atoms with Crippen LogP contribution in [-0.4, -0.2) is 22.9 Å². The van der Waals surface area contributed by atoms with E-state index in [1.807, 2.05) is 0 Å². The Morgan fingerprint density at radius 3 is 2.58 bits per heavy atom.